The van der Waals surface area contributed by atoms with Gasteiger partial charge in [0.1, 0.15) is 10.7 Å². The number of hydrogen-bond acceptors (Lipinski definition) is 5. The molecule has 2 aromatic heterocycles. The third kappa shape index (κ3) is 2.94. The van der Waals surface area contributed by atoms with Crippen LogP contribution in [0.1, 0.15) is 45.1 Å². The number of nitrogens with one attached hydrogen (secondary N) is 1. The molecule has 2 aromatic rings. The number of likely N-dealkylation sites (N-methyl/N-ethyl adjacent to an activating group) is 1. The lowest BCUT2D eigenvalue weighted by Crippen LogP contribution is -2.30. The Bertz CT molecular complexity index is 780. The summed E-state index contributed by atoms with van der Waals surface area (Å²) in [5.74, 6) is -0.764. The molecule has 0 atom stereocenters. The molecule has 1 aliphatic rings. The average Bonchev–Trinajstić information content (AvgIpc) is 3.17. The van der Waals surface area contributed by atoms with Crippen molar-refractivity contribution in [3.8, 4) is 0 Å². The fourth-order valence-corrected chi connectivity index (χ4v) is 4.31. The van der Waals surface area contributed by atoms with Crippen molar-refractivity contribution in [2.75, 3.05) is 18.4 Å². The smallest absolute Gasteiger partial charge is 0.274 e. The van der Waals surface area contributed by atoms with Crippen molar-refractivity contribution in [1.82, 2.24) is 14.7 Å². The molecule has 0 saturated carbocycles. The Kier molecular flexibility index (Phi) is 4.68. The number of fused-ring (bicyclic) bond motifs is 1. The van der Waals surface area contributed by atoms with Crippen molar-refractivity contribution in [3.63, 3.8) is 0 Å². The fraction of sp³-hybridized carbons (Fsp3) is 0.438. The Morgan fingerprint density at radius 3 is 2.83 bits per heavy atom. The van der Waals surface area contributed by atoms with Crippen molar-refractivity contribution in [2.24, 2.45) is 5.73 Å². The lowest BCUT2D eigenvalue weighted by Gasteiger charge is -2.25. The van der Waals surface area contributed by atoms with Crippen molar-refractivity contribution in [3.05, 3.63) is 34.0 Å². The van der Waals surface area contributed by atoms with E-state index in [1.54, 1.807) is 16.9 Å². The average molecular weight is 347 g/mol. The molecule has 0 aliphatic carbocycles. The zero-order valence-electron chi connectivity index (χ0n) is 13.8. The third-order valence-electron chi connectivity index (χ3n) is 4.31. The van der Waals surface area contributed by atoms with Crippen LogP contribution in [0.4, 0.5) is 5.00 Å². The van der Waals surface area contributed by atoms with Gasteiger partial charge in [0.15, 0.2) is 0 Å². The van der Waals surface area contributed by atoms with Gasteiger partial charge in [-0.3, -0.25) is 19.2 Å². The predicted octanol–water partition coefficient (Wildman–Crippen LogP) is 1.69. The Hall–Kier alpha value is -2.19. The molecule has 3 rings (SSSR count). The van der Waals surface area contributed by atoms with Crippen molar-refractivity contribution >= 4 is 28.2 Å². The number of nitrogens with two attached hydrogens (primary N) is 1. The minimum absolute atomic E-state index is 0.275. The van der Waals surface area contributed by atoms with Gasteiger partial charge in [0.25, 0.3) is 11.8 Å². The molecule has 8 heteroatoms. The Morgan fingerprint density at radius 1 is 1.38 bits per heavy atom. The first kappa shape index (κ1) is 16.7. The number of thiophene rings is 1. The van der Waals surface area contributed by atoms with Crippen LogP contribution in [-0.2, 0) is 19.5 Å². The summed E-state index contributed by atoms with van der Waals surface area (Å²) in [6, 6.07) is 1.66. The van der Waals surface area contributed by atoms with Crippen molar-refractivity contribution < 1.29 is 9.59 Å². The normalized spacial score (nSPS) is 14.4. The molecule has 128 valence electrons. The van der Waals surface area contributed by atoms with Gasteiger partial charge < -0.3 is 11.1 Å². The Morgan fingerprint density at radius 2 is 2.17 bits per heavy atom. The fourth-order valence-electron chi connectivity index (χ4n) is 3.02. The number of aryl methyl sites for hydroxylation is 1. The monoisotopic (exact) mass is 347 g/mol. The van der Waals surface area contributed by atoms with E-state index in [1.807, 2.05) is 6.92 Å². The summed E-state index contributed by atoms with van der Waals surface area (Å²) in [4.78, 5) is 27.9. The summed E-state index contributed by atoms with van der Waals surface area (Å²) in [7, 11) is 0. The Labute approximate surface area is 144 Å². The van der Waals surface area contributed by atoms with E-state index in [0.717, 1.165) is 36.5 Å². The first-order valence-electron chi connectivity index (χ1n) is 8.05. The van der Waals surface area contributed by atoms with Gasteiger partial charge in [0, 0.05) is 30.7 Å². The molecule has 0 bridgehead atoms. The van der Waals surface area contributed by atoms with E-state index in [4.69, 9.17) is 5.73 Å². The van der Waals surface area contributed by atoms with Crippen molar-refractivity contribution in [1.29, 1.82) is 0 Å². The van der Waals surface area contributed by atoms with E-state index in [1.165, 1.54) is 11.3 Å². The molecule has 7 nitrogen and oxygen atoms in total. The van der Waals surface area contributed by atoms with E-state index in [9.17, 15) is 9.59 Å². The van der Waals surface area contributed by atoms with Gasteiger partial charge >= 0.3 is 0 Å². The van der Waals surface area contributed by atoms with Gasteiger partial charge in [-0.2, -0.15) is 5.10 Å². The van der Waals surface area contributed by atoms with Crippen LogP contribution in [0.15, 0.2) is 12.3 Å². The highest BCUT2D eigenvalue weighted by Gasteiger charge is 2.27. The number of rotatable bonds is 5. The standard InChI is InChI=1S/C16H21N5O2S/c1-3-20-8-6-10-12(9-20)24-16(13(10)14(17)22)19-15(23)11-5-7-18-21(11)4-2/h5,7H,3-4,6,8-9H2,1-2H3,(H2,17,22)(H,19,23). The van der Waals surface area contributed by atoms with E-state index in [-0.39, 0.29) is 5.91 Å². The highest BCUT2D eigenvalue weighted by atomic mass is 32.1. The van der Waals surface area contributed by atoms with Gasteiger partial charge in [-0.1, -0.05) is 6.92 Å². The maximum Gasteiger partial charge on any atom is 0.274 e. The zero-order valence-corrected chi connectivity index (χ0v) is 14.7. The quantitative estimate of drug-likeness (QED) is 0.861. The molecular weight excluding hydrogens is 326 g/mol. The number of aromatic nitrogens is 2. The molecule has 0 spiro atoms. The summed E-state index contributed by atoms with van der Waals surface area (Å²) in [6.45, 7) is 7.28. The highest BCUT2D eigenvalue weighted by molar-refractivity contribution is 7.17. The number of hydrogen-bond donors (Lipinski definition) is 2. The molecule has 24 heavy (non-hydrogen) atoms. The predicted molar refractivity (Wildman–Crippen MR) is 93.3 cm³/mol. The van der Waals surface area contributed by atoms with Gasteiger partial charge in [0.2, 0.25) is 0 Å². The maximum atomic E-state index is 12.5. The molecular formula is C16H21N5O2S. The minimum atomic E-state index is -0.489. The second kappa shape index (κ2) is 6.74. The summed E-state index contributed by atoms with van der Waals surface area (Å²) >= 11 is 1.44. The number of anilines is 1. The molecule has 0 aromatic carbocycles. The lowest BCUT2D eigenvalue weighted by atomic mass is 10.0. The van der Waals surface area contributed by atoms with Crippen LogP contribution in [0.5, 0.6) is 0 Å². The third-order valence-corrected chi connectivity index (χ3v) is 5.44. The SMILES string of the molecule is CCN1CCc2c(sc(NC(=O)c3ccnn3CC)c2C(N)=O)C1. The zero-order chi connectivity index (χ0) is 17.3. The molecule has 0 saturated heterocycles. The second-order valence-corrected chi connectivity index (χ2v) is 6.78. The molecule has 3 heterocycles. The lowest BCUT2D eigenvalue weighted by molar-refractivity contribution is 0.1000. The van der Waals surface area contributed by atoms with Gasteiger partial charge in [-0.15, -0.1) is 11.3 Å². The van der Waals surface area contributed by atoms with Gasteiger partial charge in [-0.25, -0.2) is 0 Å². The van der Waals surface area contributed by atoms with E-state index >= 15 is 0 Å². The van der Waals surface area contributed by atoms with Crippen molar-refractivity contribution in [2.45, 2.75) is 33.4 Å². The van der Waals surface area contributed by atoms with Crippen LogP contribution in [0, 0.1) is 0 Å². The number of carbonyl (C=O) groups is 2. The van der Waals surface area contributed by atoms with Gasteiger partial charge in [0.05, 0.1) is 5.56 Å². The summed E-state index contributed by atoms with van der Waals surface area (Å²) in [6.07, 6.45) is 2.37. The highest BCUT2D eigenvalue weighted by Crippen LogP contribution is 2.37. The maximum absolute atomic E-state index is 12.5. The van der Waals surface area contributed by atoms with Crippen LogP contribution < -0.4 is 11.1 Å². The van der Waals surface area contributed by atoms with Crippen LogP contribution in [-0.4, -0.2) is 39.6 Å². The van der Waals surface area contributed by atoms with E-state index in [0.29, 0.717) is 22.8 Å². The summed E-state index contributed by atoms with van der Waals surface area (Å²) in [5, 5.41) is 7.50. The molecule has 0 radical (unpaired) electrons. The number of carbonyl (C=O) groups excluding carboxylic acids is 2. The summed E-state index contributed by atoms with van der Waals surface area (Å²) < 4.78 is 1.62. The van der Waals surface area contributed by atoms with E-state index < -0.39 is 5.91 Å². The molecule has 1 aliphatic heterocycles. The molecule has 2 amide bonds. The van der Waals surface area contributed by atoms with Crippen LogP contribution >= 0.6 is 11.3 Å². The van der Waals surface area contributed by atoms with Crippen LogP contribution in [0.2, 0.25) is 0 Å². The first-order valence-corrected chi connectivity index (χ1v) is 8.86. The Balaban J connectivity index is 1.92. The molecule has 0 fully saturated rings. The molecule has 3 N–H and O–H groups in total. The summed E-state index contributed by atoms with van der Waals surface area (Å²) in [5.41, 5.74) is 7.50. The number of amides is 2. The minimum Gasteiger partial charge on any atom is -0.365 e. The topological polar surface area (TPSA) is 93.2 Å². The second-order valence-electron chi connectivity index (χ2n) is 5.68. The number of primary amides is 1. The van der Waals surface area contributed by atoms with E-state index in [2.05, 4.69) is 22.2 Å². The van der Waals surface area contributed by atoms with Crippen LogP contribution in [0.3, 0.4) is 0 Å². The number of nitrogens with zero attached hydrogens (tertiary/aromatic N) is 3. The molecule has 0 unspecified atom stereocenters. The van der Waals surface area contributed by atoms with Gasteiger partial charge in [-0.05, 0) is 31.5 Å². The van der Waals surface area contributed by atoms with Crippen LogP contribution in [0.25, 0.3) is 0 Å². The largest absolute Gasteiger partial charge is 0.365 e. The first-order chi connectivity index (χ1) is 11.5.